The molecule has 0 saturated heterocycles. The summed E-state index contributed by atoms with van der Waals surface area (Å²) in [5.41, 5.74) is 3.64. The number of ether oxygens (including phenoxy) is 3. The van der Waals surface area contributed by atoms with Crippen LogP contribution in [0, 0.1) is 6.92 Å². The molecule has 1 aromatic heterocycles. The van der Waals surface area contributed by atoms with E-state index in [4.69, 9.17) is 14.2 Å². The van der Waals surface area contributed by atoms with Crippen molar-refractivity contribution in [1.82, 2.24) is 4.98 Å². The first-order valence-corrected chi connectivity index (χ1v) is 10.1. The van der Waals surface area contributed by atoms with Gasteiger partial charge in [0.1, 0.15) is 11.6 Å². The zero-order valence-corrected chi connectivity index (χ0v) is 17.5. The van der Waals surface area contributed by atoms with Crippen LogP contribution in [0.1, 0.15) is 11.3 Å². The number of nitrogens with one attached hydrogen (secondary N) is 1. The molecule has 29 heavy (non-hydrogen) atoms. The largest absolute Gasteiger partial charge is 0.493 e. The van der Waals surface area contributed by atoms with Gasteiger partial charge in [-0.2, -0.15) is 0 Å². The third-order valence-corrected chi connectivity index (χ3v) is 5.12. The van der Waals surface area contributed by atoms with Crippen molar-refractivity contribution in [1.29, 1.82) is 0 Å². The summed E-state index contributed by atoms with van der Waals surface area (Å²) in [7, 11) is 3.19. The van der Waals surface area contributed by atoms with Crippen LogP contribution in [-0.4, -0.2) is 38.3 Å². The first kappa shape index (κ1) is 20.8. The number of amides is 1. The highest BCUT2D eigenvalue weighted by molar-refractivity contribution is 7.13. The van der Waals surface area contributed by atoms with Crippen LogP contribution in [0.2, 0.25) is 0 Å². The fourth-order valence-corrected chi connectivity index (χ4v) is 3.51. The molecule has 0 bridgehead atoms. The molecule has 152 valence electrons. The summed E-state index contributed by atoms with van der Waals surface area (Å²) in [6.45, 7) is 2.91. The number of hydrogen-bond donors (Lipinski definition) is 1. The molecule has 0 fully saturated rings. The smallest absolute Gasteiger partial charge is 0.230 e. The molecule has 0 spiro atoms. The Kier molecular flexibility index (Phi) is 7.21. The van der Waals surface area contributed by atoms with Gasteiger partial charge >= 0.3 is 0 Å². The monoisotopic (exact) mass is 412 g/mol. The molecule has 2 aromatic carbocycles. The summed E-state index contributed by atoms with van der Waals surface area (Å²) >= 11 is 1.54. The van der Waals surface area contributed by atoms with Crippen LogP contribution in [0.4, 0.5) is 5.69 Å². The van der Waals surface area contributed by atoms with Crippen molar-refractivity contribution in [2.75, 3.05) is 32.8 Å². The lowest BCUT2D eigenvalue weighted by molar-refractivity contribution is -0.115. The number of hydrogen-bond acceptors (Lipinski definition) is 6. The third-order valence-electron chi connectivity index (χ3n) is 4.18. The van der Waals surface area contributed by atoms with Crippen LogP contribution in [0.15, 0.2) is 47.8 Å². The highest BCUT2D eigenvalue weighted by Crippen LogP contribution is 2.30. The Bertz CT molecular complexity index is 954. The summed E-state index contributed by atoms with van der Waals surface area (Å²) in [6.07, 6.45) is 0.203. The normalized spacial score (nSPS) is 10.6. The first-order valence-electron chi connectivity index (χ1n) is 9.20. The molecular weight excluding hydrogens is 388 g/mol. The van der Waals surface area contributed by atoms with Gasteiger partial charge in [-0.1, -0.05) is 29.8 Å². The van der Waals surface area contributed by atoms with E-state index >= 15 is 0 Å². The highest BCUT2D eigenvalue weighted by atomic mass is 32.1. The van der Waals surface area contributed by atoms with E-state index in [2.05, 4.69) is 29.4 Å². The topological polar surface area (TPSA) is 69.7 Å². The van der Waals surface area contributed by atoms with E-state index in [-0.39, 0.29) is 12.3 Å². The summed E-state index contributed by atoms with van der Waals surface area (Å²) < 4.78 is 16.0. The quantitative estimate of drug-likeness (QED) is 0.530. The molecule has 0 saturated carbocycles. The van der Waals surface area contributed by atoms with Crippen LogP contribution < -0.4 is 14.8 Å². The number of nitrogens with zero attached hydrogens (tertiary/aromatic N) is 1. The molecule has 3 rings (SSSR count). The molecule has 0 atom stereocenters. The van der Waals surface area contributed by atoms with E-state index < -0.39 is 0 Å². The molecule has 0 aliphatic carbocycles. The van der Waals surface area contributed by atoms with Gasteiger partial charge in [-0.15, -0.1) is 11.3 Å². The molecule has 0 aliphatic rings. The molecule has 0 unspecified atom stereocenters. The minimum Gasteiger partial charge on any atom is -0.493 e. The predicted octanol–water partition coefficient (Wildman–Crippen LogP) is 4.33. The number of benzene rings is 2. The molecule has 3 aromatic rings. The summed E-state index contributed by atoms with van der Waals surface area (Å²) in [5.74, 6) is 1.01. The number of anilines is 1. The molecule has 0 aliphatic heterocycles. The van der Waals surface area contributed by atoms with Crippen LogP contribution in [0.3, 0.4) is 0 Å². The number of methoxy groups -OCH3 is 2. The highest BCUT2D eigenvalue weighted by Gasteiger charge is 2.12. The molecule has 7 heteroatoms. The maximum Gasteiger partial charge on any atom is 0.230 e. The zero-order chi connectivity index (χ0) is 20.6. The Morgan fingerprint density at radius 1 is 1.07 bits per heavy atom. The SMILES string of the molecule is COCCOc1cc(NC(=O)Cc2csc(-c3ccc(C)cc3)n2)ccc1OC. The number of rotatable bonds is 9. The molecule has 0 radical (unpaired) electrons. The zero-order valence-electron chi connectivity index (χ0n) is 16.7. The van der Waals surface area contributed by atoms with Crippen molar-refractivity contribution < 1.29 is 19.0 Å². The van der Waals surface area contributed by atoms with Gasteiger partial charge in [0.25, 0.3) is 0 Å². The van der Waals surface area contributed by atoms with Gasteiger partial charge in [-0.3, -0.25) is 4.79 Å². The van der Waals surface area contributed by atoms with Crippen LogP contribution in [0.25, 0.3) is 10.6 Å². The van der Waals surface area contributed by atoms with E-state index in [1.807, 2.05) is 17.5 Å². The van der Waals surface area contributed by atoms with Gasteiger partial charge in [0.2, 0.25) is 5.91 Å². The summed E-state index contributed by atoms with van der Waals surface area (Å²) in [6, 6.07) is 13.5. The van der Waals surface area contributed by atoms with Gasteiger partial charge in [-0.25, -0.2) is 4.98 Å². The number of carbonyl (C=O) groups excluding carboxylic acids is 1. The Morgan fingerprint density at radius 3 is 2.59 bits per heavy atom. The lowest BCUT2D eigenvalue weighted by Gasteiger charge is -2.12. The van der Waals surface area contributed by atoms with Gasteiger partial charge in [-0.05, 0) is 19.1 Å². The van der Waals surface area contributed by atoms with E-state index in [1.165, 1.54) is 16.9 Å². The fourth-order valence-electron chi connectivity index (χ4n) is 2.69. The van der Waals surface area contributed by atoms with Gasteiger partial charge in [0.05, 0.1) is 25.8 Å². The molecule has 6 nitrogen and oxygen atoms in total. The number of aryl methyl sites for hydroxylation is 1. The second-order valence-corrected chi connectivity index (χ2v) is 7.30. The number of aromatic nitrogens is 1. The minimum atomic E-state index is -0.140. The Hall–Kier alpha value is -2.90. The first-order chi connectivity index (χ1) is 14.1. The van der Waals surface area contributed by atoms with Gasteiger partial charge in [0, 0.05) is 29.8 Å². The van der Waals surface area contributed by atoms with Crippen LogP contribution in [0.5, 0.6) is 11.5 Å². The fraction of sp³-hybridized carbons (Fsp3) is 0.273. The Morgan fingerprint density at radius 2 is 1.86 bits per heavy atom. The molecule has 1 N–H and O–H groups in total. The Balaban J connectivity index is 1.63. The van der Waals surface area contributed by atoms with Crippen molar-refractivity contribution in [2.24, 2.45) is 0 Å². The average Bonchev–Trinajstić information content (AvgIpc) is 3.17. The van der Waals surface area contributed by atoms with Gasteiger partial charge in [0.15, 0.2) is 11.5 Å². The van der Waals surface area contributed by atoms with Crippen molar-refractivity contribution >= 4 is 22.9 Å². The summed E-state index contributed by atoms with van der Waals surface area (Å²) in [5, 5.41) is 5.72. The second-order valence-electron chi connectivity index (χ2n) is 6.44. The maximum absolute atomic E-state index is 12.5. The van der Waals surface area contributed by atoms with Crippen LogP contribution in [-0.2, 0) is 16.0 Å². The number of carbonyl (C=O) groups is 1. The van der Waals surface area contributed by atoms with Crippen molar-refractivity contribution in [3.63, 3.8) is 0 Å². The number of thiazole rings is 1. The lowest BCUT2D eigenvalue weighted by Crippen LogP contribution is -2.15. The van der Waals surface area contributed by atoms with Crippen molar-refractivity contribution in [2.45, 2.75) is 13.3 Å². The van der Waals surface area contributed by atoms with Crippen LogP contribution >= 0.6 is 11.3 Å². The lowest BCUT2D eigenvalue weighted by atomic mass is 10.2. The van der Waals surface area contributed by atoms with Crippen molar-refractivity contribution in [3.8, 4) is 22.1 Å². The van der Waals surface area contributed by atoms with Crippen molar-refractivity contribution in [3.05, 3.63) is 59.1 Å². The molecular formula is C22H24N2O4S. The minimum absolute atomic E-state index is 0.140. The standard InChI is InChI=1S/C22H24N2O4S/c1-15-4-6-16(7-5-15)22-24-18(14-29-22)13-21(25)23-17-8-9-19(27-3)20(12-17)28-11-10-26-2/h4-9,12,14H,10-11,13H2,1-3H3,(H,23,25). The molecule has 1 heterocycles. The molecule has 1 amide bonds. The van der Waals surface area contributed by atoms with E-state index in [1.54, 1.807) is 32.4 Å². The predicted molar refractivity (Wildman–Crippen MR) is 115 cm³/mol. The second kappa shape index (κ2) is 10.0. The van der Waals surface area contributed by atoms with E-state index in [0.717, 1.165) is 16.3 Å². The maximum atomic E-state index is 12.5. The third kappa shape index (κ3) is 5.79. The summed E-state index contributed by atoms with van der Waals surface area (Å²) in [4.78, 5) is 17.0. The Labute approximate surface area is 174 Å². The average molecular weight is 413 g/mol. The van der Waals surface area contributed by atoms with E-state index in [9.17, 15) is 4.79 Å². The van der Waals surface area contributed by atoms with E-state index in [0.29, 0.717) is 30.4 Å². The van der Waals surface area contributed by atoms with Gasteiger partial charge < -0.3 is 19.5 Å².